The first-order valence-electron chi connectivity index (χ1n) is 12.2. The van der Waals surface area contributed by atoms with Crippen LogP contribution in [-0.4, -0.2) is 49.2 Å². The summed E-state index contributed by atoms with van der Waals surface area (Å²) >= 11 is 5.62. The summed E-state index contributed by atoms with van der Waals surface area (Å²) in [7, 11) is 1.40. The van der Waals surface area contributed by atoms with Crippen molar-refractivity contribution in [3.8, 4) is 11.5 Å². The minimum absolute atomic E-state index is 0.0406. The van der Waals surface area contributed by atoms with Crippen LogP contribution in [0.4, 0.5) is 0 Å². The van der Waals surface area contributed by atoms with Gasteiger partial charge in [-0.3, -0.25) is 4.79 Å². The highest BCUT2D eigenvalue weighted by Gasteiger charge is 2.24. The van der Waals surface area contributed by atoms with Crippen molar-refractivity contribution >= 4 is 35.6 Å². The number of methoxy groups -OCH3 is 1. The summed E-state index contributed by atoms with van der Waals surface area (Å²) < 4.78 is 21.4. The lowest BCUT2D eigenvalue weighted by molar-refractivity contribution is -0.757. The minimum atomic E-state index is -0.918. The number of nitrogens with zero attached hydrogens (tertiary/aromatic N) is 1. The predicted molar refractivity (Wildman–Crippen MR) is 141 cm³/mol. The number of halogens is 1. The Bertz CT molecular complexity index is 1170. The molecule has 0 amide bonds. The van der Waals surface area contributed by atoms with Crippen LogP contribution in [0.2, 0.25) is 0 Å². The monoisotopic (exact) mass is 563 g/mol. The summed E-state index contributed by atoms with van der Waals surface area (Å²) in [6.07, 6.45) is 4.34. The Balaban J connectivity index is 2.12. The van der Waals surface area contributed by atoms with Gasteiger partial charge in [-0.25, -0.2) is 9.59 Å². The van der Waals surface area contributed by atoms with Crippen LogP contribution in [0.25, 0.3) is 6.08 Å². The minimum Gasteiger partial charge on any atom is -0.493 e. The lowest BCUT2D eigenvalue weighted by Gasteiger charge is -2.20. The van der Waals surface area contributed by atoms with Gasteiger partial charge in [0.1, 0.15) is 12.0 Å². The Morgan fingerprint density at radius 3 is 2.54 bits per heavy atom. The third-order valence-electron chi connectivity index (χ3n) is 5.26. The zero-order chi connectivity index (χ0) is 28.6. The molecule has 0 fully saturated rings. The molecule has 0 spiro atoms. The second-order valence-corrected chi connectivity index (χ2v) is 8.32. The number of hydrogen-bond acceptors (Lipinski definition) is 10. The molecule has 0 radical (unpaired) electrons. The number of ether oxygens (including phenoxy) is 4. The lowest BCUT2D eigenvalue weighted by Crippen LogP contribution is -2.18. The average Bonchev–Trinajstić information content (AvgIpc) is 2.94. The number of hydrogen-bond donors (Lipinski definition) is 0. The van der Waals surface area contributed by atoms with Gasteiger partial charge < -0.3 is 23.8 Å². The number of benzene rings is 2. The van der Waals surface area contributed by atoms with Crippen LogP contribution >= 0.6 is 11.6 Å². The van der Waals surface area contributed by atoms with E-state index in [2.05, 4.69) is 4.84 Å². The predicted octanol–water partition coefficient (Wildman–Crippen LogP) is 5.08. The smallest absolute Gasteiger partial charge is 0.344 e. The van der Waals surface area contributed by atoms with Gasteiger partial charge in [-0.05, 0) is 42.7 Å². The van der Waals surface area contributed by atoms with Crippen molar-refractivity contribution in [2.24, 2.45) is 0 Å². The van der Waals surface area contributed by atoms with Gasteiger partial charge in [0, 0.05) is 18.1 Å². The molecule has 39 heavy (non-hydrogen) atoms. The van der Waals surface area contributed by atoms with Crippen molar-refractivity contribution in [2.75, 3.05) is 26.2 Å². The van der Waals surface area contributed by atoms with Gasteiger partial charge in [0.05, 0.1) is 25.9 Å². The molecule has 0 aliphatic carbocycles. The standard InChI is InChI=1S/C27H30ClNO10/c1-3-4-10-22(38-26(31)18-28)20-8-5-6-9-21(20)27(32)39-23-13-11-19(17-24(23)35-2)12-14-25(30)36-15-7-16-37-29(33)34/h5-6,8-9,11-14,17,22H,3-4,7,10,15-16,18H2,1-2H3/b14-12+/t22-/m0/s1. The second-order valence-electron chi connectivity index (χ2n) is 8.05. The molecular formula is C27H30ClNO10. The summed E-state index contributed by atoms with van der Waals surface area (Å²) in [4.78, 5) is 51.1. The van der Waals surface area contributed by atoms with Crippen molar-refractivity contribution in [1.29, 1.82) is 0 Å². The van der Waals surface area contributed by atoms with Crippen LogP contribution in [0.1, 0.15) is 60.2 Å². The maximum atomic E-state index is 13.2. The molecule has 12 heteroatoms. The number of alkyl halides is 1. The van der Waals surface area contributed by atoms with E-state index in [4.69, 9.17) is 30.5 Å². The molecule has 0 saturated heterocycles. The molecule has 0 aliphatic heterocycles. The molecule has 2 aromatic carbocycles. The third-order valence-corrected chi connectivity index (χ3v) is 5.48. The summed E-state index contributed by atoms with van der Waals surface area (Å²) in [5.74, 6) is -1.81. The highest BCUT2D eigenvalue weighted by Crippen LogP contribution is 2.32. The summed E-state index contributed by atoms with van der Waals surface area (Å²) in [6, 6.07) is 11.4. The Labute approximate surface area is 230 Å². The molecule has 2 aromatic rings. The van der Waals surface area contributed by atoms with Crippen LogP contribution in [0.5, 0.6) is 11.5 Å². The van der Waals surface area contributed by atoms with Crippen molar-refractivity contribution in [3.63, 3.8) is 0 Å². The summed E-state index contributed by atoms with van der Waals surface area (Å²) in [6.45, 7) is 1.79. The van der Waals surface area contributed by atoms with E-state index in [0.29, 0.717) is 17.5 Å². The van der Waals surface area contributed by atoms with Crippen LogP contribution in [-0.2, 0) is 23.9 Å². The van der Waals surface area contributed by atoms with Crippen molar-refractivity contribution in [3.05, 3.63) is 75.3 Å². The lowest BCUT2D eigenvalue weighted by atomic mass is 9.98. The van der Waals surface area contributed by atoms with Gasteiger partial charge in [-0.1, -0.05) is 37.6 Å². The molecule has 2 rings (SSSR count). The molecule has 1 atom stereocenters. The van der Waals surface area contributed by atoms with E-state index < -0.39 is 29.1 Å². The Hall–Kier alpha value is -4.12. The Morgan fingerprint density at radius 2 is 1.85 bits per heavy atom. The van der Waals surface area contributed by atoms with E-state index in [1.165, 1.54) is 25.3 Å². The molecular weight excluding hydrogens is 534 g/mol. The molecule has 0 unspecified atom stereocenters. The first-order chi connectivity index (χ1) is 18.8. The molecule has 0 heterocycles. The topological polar surface area (TPSA) is 141 Å². The molecule has 0 N–H and O–H groups in total. The first kappa shape index (κ1) is 31.1. The molecule has 0 bridgehead atoms. The maximum absolute atomic E-state index is 13.2. The number of carbonyl (C=O) groups is 3. The van der Waals surface area contributed by atoms with Gasteiger partial charge in [-0.15, -0.1) is 21.7 Å². The zero-order valence-corrected chi connectivity index (χ0v) is 22.4. The summed E-state index contributed by atoms with van der Waals surface area (Å²) in [5.41, 5.74) is 1.31. The van der Waals surface area contributed by atoms with Gasteiger partial charge in [0.25, 0.3) is 5.09 Å². The molecule has 0 saturated carbocycles. The van der Waals surface area contributed by atoms with Gasteiger partial charge in [-0.2, -0.15) is 0 Å². The Kier molecular flexibility index (Phi) is 13.3. The largest absolute Gasteiger partial charge is 0.493 e. The van der Waals surface area contributed by atoms with Crippen molar-refractivity contribution in [1.82, 2.24) is 0 Å². The highest BCUT2D eigenvalue weighted by molar-refractivity contribution is 6.26. The first-order valence-corrected chi connectivity index (χ1v) is 12.7. The van der Waals surface area contributed by atoms with Crippen molar-refractivity contribution in [2.45, 2.75) is 38.7 Å². The molecule has 0 aliphatic rings. The fraction of sp³-hybridized carbons (Fsp3) is 0.370. The molecule has 210 valence electrons. The number of esters is 3. The SMILES string of the molecule is CCCC[C@H](OC(=O)CCl)c1ccccc1C(=O)Oc1ccc(/C=C/C(=O)OCCCO[N+](=O)[O-])cc1OC. The van der Waals surface area contributed by atoms with Crippen LogP contribution < -0.4 is 9.47 Å². The highest BCUT2D eigenvalue weighted by atomic mass is 35.5. The van der Waals surface area contributed by atoms with Crippen LogP contribution in [0, 0.1) is 10.1 Å². The fourth-order valence-electron chi connectivity index (χ4n) is 3.43. The van der Waals surface area contributed by atoms with Gasteiger partial charge >= 0.3 is 17.9 Å². The van der Waals surface area contributed by atoms with Crippen molar-refractivity contribution < 1.29 is 43.3 Å². The normalized spacial score (nSPS) is 11.5. The van der Waals surface area contributed by atoms with E-state index in [1.54, 1.807) is 36.4 Å². The number of carbonyl (C=O) groups excluding carboxylic acids is 3. The van der Waals surface area contributed by atoms with E-state index in [9.17, 15) is 24.5 Å². The maximum Gasteiger partial charge on any atom is 0.344 e. The molecule has 11 nitrogen and oxygen atoms in total. The zero-order valence-electron chi connectivity index (χ0n) is 21.6. The second kappa shape index (κ2) is 16.7. The number of unbranched alkanes of at least 4 members (excludes halogenated alkanes) is 1. The van der Waals surface area contributed by atoms with E-state index >= 15 is 0 Å². The van der Waals surface area contributed by atoms with Gasteiger partial charge in [0.2, 0.25) is 0 Å². The van der Waals surface area contributed by atoms with E-state index in [1.807, 2.05) is 6.92 Å². The average molecular weight is 564 g/mol. The van der Waals surface area contributed by atoms with E-state index in [-0.39, 0.29) is 42.6 Å². The summed E-state index contributed by atoms with van der Waals surface area (Å²) in [5, 5.41) is 9.17. The van der Waals surface area contributed by atoms with E-state index in [0.717, 1.165) is 12.8 Å². The Morgan fingerprint density at radius 1 is 1.08 bits per heavy atom. The van der Waals surface area contributed by atoms with Crippen LogP contribution in [0.15, 0.2) is 48.5 Å². The quantitative estimate of drug-likeness (QED) is 0.0516. The fourth-order valence-corrected chi connectivity index (χ4v) is 3.49. The van der Waals surface area contributed by atoms with Crippen LogP contribution in [0.3, 0.4) is 0 Å². The third kappa shape index (κ3) is 10.6. The molecule has 0 aromatic heterocycles. The van der Waals surface area contributed by atoms with Gasteiger partial charge in [0.15, 0.2) is 11.5 Å². The number of rotatable bonds is 16.